The summed E-state index contributed by atoms with van der Waals surface area (Å²) in [6, 6.07) is 10.5. The smallest absolute Gasteiger partial charge is 0.217 e. The molecule has 118 valence electrons. The molecule has 1 aliphatic heterocycles. The third-order valence-electron chi connectivity index (χ3n) is 4.07. The van der Waals surface area contributed by atoms with Gasteiger partial charge in [0.2, 0.25) is 5.88 Å². The predicted molar refractivity (Wildman–Crippen MR) is 88.5 cm³/mol. The molecule has 0 atom stereocenters. The lowest BCUT2D eigenvalue weighted by Gasteiger charge is -2.26. The van der Waals surface area contributed by atoms with Crippen LogP contribution in [0.2, 0.25) is 0 Å². The van der Waals surface area contributed by atoms with Crippen LogP contribution in [0.4, 0.5) is 0 Å². The molecule has 0 amide bonds. The van der Waals surface area contributed by atoms with Gasteiger partial charge in [0.25, 0.3) is 0 Å². The van der Waals surface area contributed by atoms with Gasteiger partial charge in [0, 0.05) is 24.0 Å². The molecule has 0 aliphatic carbocycles. The Balaban J connectivity index is 1.69. The molecule has 0 unspecified atom stereocenters. The lowest BCUT2D eigenvalue weighted by molar-refractivity contribution is 0.0374. The molecule has 4 heteroatoms. The second kappa shape index (κ2) is 7.56. The van der Waals surface area contributed by atoms with Crippen LogP contribution in [-0.4, -0.2) is 49.3 Å². The number of para-hydroxylation sites is 1. The zero-order chi connectivity index (χ0) is 15.2. The van der Waals surface area contributed by atoms with Crippen molar-refractivity contribution in [3.63, 3.8) is 0 Å². The van der Waals surface area contributed by atoms with E-state index in [-0.39, 0.29) is 0 Å². The maximum atomic E-state index is 5.74. The Morgan fingerprint density at radius 3 is 2.86 bits per heavy atom. The third kappa shape index (κ3) is 3.76. The largest absolute Gasteiger partial charge is 0.478 e. The van der Waals surface area contributed by atoms with Gasteiger partial charge >= 0.3 is 0 Å². The monoisotopic (exact) mass is 300 g/mol. The molecule has 1 aliphatic rings. The fourth-order valence-electron chi connectivity index (χ4n) is 2.90. The van der Waals surface area contributed by atoms with E-state index in [0.29, 0.717) is 6.61 Å². The van der Waals surface area contributed by atoms with E-state index in [1.54, 1.807) is 0 Å². The van der Waals surface area contributed by atoms with Crippen LogP contribution < -0.4 is 4.74 Å². The van der Waals surface area contributed by atoms with Crippen molar-refractivity contribution < 1.29 is 9.47 Å². The van der Waals surface area contributed by atoms with Gasteiger partial charge in [-0.15, -0.1) is 0 Å². The fourth-order valence-corrected chi connectivity index (χ4v) is 2.90. The summed E-state index contributed by atoms with van der Waals surface area (Å²) < 4.78 is 11.1. The summed E-state index contributed by atoms with van der Waals surface area (Å²) in [6.07, 6.45) is 2.13. The molecule has 1 aromatic carbocycles. The van der Waals surface area contributed by atoms with Gasteiger partial charge in [-0.3, -0.25) is 4.90 Å². The van der Waals surface area contributed by atoms with Crippen molar-refractivity contribution in [2.24, 2.45) is 0 Å². The van der Waals surface area contributed by atoms with Crippen molar-refractivity contribution in [2.45, 2.75) is 19.8 Å². The van der Waals surface area contributed by atoms with Gasteiger partial charge in [-0.1, -0.05) is 18.2 Å². The van der Waals surface area contributed by atoms with Crippen molar-refractivity contribution in [2.75, 3.05) is 39.5 Å². The number of rotatable bonds is 6. The molecule has 2 aromatic rings. The number of morpholine rings is 1. The number of fused-ring (bicyclic) bond motifs is 1. The van der Waals surface area contributed by atoms with E-state index >= 15 is 0 Å². The van der Waals surface area contributed by atoms with Crippen molar-refractivity contribution in [3.8, 4) is 5.88 Å². The van der Waals surface area contributed by atoms with Gasteiger partial charge in [-0.05, 0) is 38.4 Å². The number of hydrogen-bond donors (Lipinski definition) is 0. The van der Waals surface area contributed by atoms with E-state index in [9.17, 15) is 0 Å². The van der Waals surface area contributed by atoms with E-state index in [4.69, 9.17) is 9.47 Å². The number of hydrogen-bond acceptors (Lipinski definition) is 4. The zero-order valence-corrected chi connectivity index (χ0v) is 13.3. The first-order valence-corrected chi connectivity index (χ1v) is 8.18. The molecular formula is C18H24N2O2. The maximum absolute atomic E-state index is 5.74. The van der Waals surface area contributed by atoms with Crippen LogP contribution in [0.1, 0.15) is 18.9 Å². The molecule has 0 saturated carbocycles. The topological polar surface area (TPSA) is 34.6 Å². The maximum Gasteiger partial charge on any atom is 0.217 e. The van der Waals surface area contributed by atoms with E-state index < -0.39 is 0 Å². The third-order valence-corrected chi connectivity index (χ3v) is 4.07. The van der Waals surface area contributed by atoms with Gasteiger partial charge in [-0.25, -0.2) is 4.98 Å². The summed E-state index contributed by atoms with van der Waals surface area (Å²) in [5.74, 6) is 0.795. The number of ether oxygens (including phenoxy) is 2. The molecule has 2 heterocycles. The second-order valence-corrected chi connectivity index (χ2v) is 5.64. The Hall–Kier alpha value is -1.65. The van der Waals surface area contributed by atoms with Crippen molar-refractivity contribution in [1.29, 1.82) is 0 Å². The van der Waals surface area contributed by atoms with Crippen molar-refractivity contribution in [3.05, 3.63) is 35.9 Å². The number of aromatic nitrogens is 1. The van der Waals surface area contributed by atoms with Crippen LogP contribution >= 0.6 is 0 Å². The van der Waals surface area contributed by atoms with E-state index in [2.05, 4.69) is 28.1 Å². The highest BCUT2D eigenvalue weighted by molar-refractivity contribution is 5.80. The number of pyridine rings is 1. The Morgan fingerprint density at radius 1 is 1.23 bits per heavy atom. The molecule has 0 spiro atoms. The molecule has 0 bridgehead atoms. The molecule has 22 heavy (non-hydrogen) atoms. The molecule has 4 nitrogen and oxygen atoms in total. The predicted octanol–water partition coefficient (Wildman–Crippen LogP) is 2.90. The first kappa shape index (κ1) is 15.3. The highest BCUT2D eigenvalue weighted by atomic mass is 16.5. The number of aryl methyl sites for hydroxylation is 1. The summed E-state index contributed by atoms with van der Waals surface area (Å²) in [7, 11) is 0. The summed E-state index contributed by atoms with van der Waals surface area (Å²) in [6.45, 7) is 7.60. The van der Waals surface area contributed by atoms with Gasteiger partial charge in [-0.2, -0.15) is 0 Å². The van der Waals surface area contributed by atoms with Crippen LogP contribution in [0, 0.1) is 0 Å². The SMILES string of the molecule is CCOc1nc2ccccc2cc1CCCN1CCOCC1. The highest BCUT2D eigenvalue weighted by Crippen LogP contribution is 2.23. The minimum absolute atomic E-state index is 0.655. The quantitative estimate of drug-likeness (QED) is 0.821. The van der Waals surface area contributed by atoms with E-state index in [1.165, 1.54) is 10.9 Å². The van der Waals surface area contributed by atoms with Crippen LogP contribution in [-0.2, 0) is 11.2 Å². The molecule has 0 radical (unpaired) electrons. The van der Waals surface area contributed by atoms with Crippen LogP contribution in [0.5, 0.6) is 5.88 Å². The Morgan fingerprint density at radius 2 is 2.05 bits per heavy atom. The average molecular weight is 300 g/mol. The van der Waals surface area contributed by atoms with Crippen LogP contribution in [0.15, 0.2) is 30.3 Å². The lowest BCUT2D eigenvalue weighted by Crippen LogP contribution is -2.36. The first-order valence-electron chi connectivity index (χ1n) is 8.18. The fraction of sp³-hybridized carbons (Fsp3) is 0.500. The first-order chi connectivity index (χ1) is 10.9. The Bertz CT molecular complexity index is 609. The van der Waals surface area contributed by atoms with Gasteiger partial charge in [0.1, 0.15) is 0 Å². The Kier molecular flexibility index (Phi) is 5.24. The minimum Gasteiger partial charge on any atom is -0.478 e. The van der Waals surface area contributed by atoms with Crippen LogP contribution in [0.25, 0.3) is 10.9 Å². The van der Waals surface area contributed by atoms with E-state index in [0.717, 1.165) is 57.1 Å². The highest BCUT2D eigenvalue weighted by Gasteiger charge is 2.12. The molecule has 1 aromatic heterocycles. The normalized spacial score (nSPS) is 16.0. The summed E-state index contributed by atoms with van der Waals surface area (Å²) in [5, 5.41) is 1.19. The van der Waals surface area contributed by atoms with Crippen LogP contribution in [0.3, 0.4) is 0 Å². The van der Waals surface area contributed by atoms with Crippen molar-refractivity contribution in [1.82, 2.24) is 9.88 Å². The molecule has 1 saturated heterocycles. The van der Waals surface area contributed by atoms with Gasteiger partial charge < -0.3 is 9.47 Å². The minimum atomic E-state index is 0.655. The number of benzene rings is 1. The standard InChI is InChI=1S/C18H24N2O2/c1-2-22-18-16(7-5-9-20-10-12-21-13-11-20)14-15-6-3-4-8-17(15)19-18/h3-4,6,8,14H,2,5,7,9-13H2,1H3. The van der Waals surface area contributed by atoms with Gasteiger partial charge in [0.15, 0.2) is 0 Å². The summed E-state index contributed by atoms with van der Waals surface area (Å²) >= 11 is 0. The molecule has 1 fully saturated rings. The lowest BCUT2D eigenvalue weighted by atomic mass is 10.1. The molecular weight excluding hydrogens is 276 g/mol. The van der Waals surface area contributed by atoms with E-state index in [1.807, 2.05) is 19.1 Å². The summed E-state index contributed by atoms with van der Waals surface area (Å²) in [4.78, 5) is 7.15. The summed E-state index contributed by atoms with van der Waals surface area (Å²) in [5.41, 5.74) is 2.22. The average Bonchev–Trinajstić information content (AvgIpc) is 2.56. The Labute approximate surface area is 132 Å². The molecule has 0 N–H and O–H groups in total. The second-order valence-electron chi connectivity index (χ2n) is 5.64. The zero-order valence-electron chi connectivity index (χ0n) is 13.3. The number of nitrogens with zero attached hydrogens (tertiary/aromatic N) is 2. The van der Waals surface area contributed by atoms with Gasteiger partial charge in [0.05, 0.1) is 25.3 Å². The van der Waals surface area contributed by atoms with Crippen molar-refractivity contribution >= 4 is 10.9 Å². The molecule has 3 rings (SSSR count).